The first-order chi connectivity index (χ1) is 11.1. The van der Waals surface area contributed by atoms with Gasteiger partial charge in [-0.15, -0.1) is 24.0 Å². The van der Waals surface area contributed by atoms with Crippen molar-refractivity contribution in [2.24, 2.45) is 10.9 Å². The van der Waals surface area contributed by atoms with Gasteiger partial charge in [-0.25, -0.2) is 0 Å². The van der Waals surface area contributed by atoms with Crippen LogP contribution in [0.2, 0.25) is 0 Å². The monoisotopic (exact) mass is 447 g/mol. The molecule has 0 radical (unpaired) electrons. The fourth-order valence-corrected chi connectivity index (χ4v) is 3.23. The first-order valence-electron chi connectivity index (χ1n) is 9.14. The smallest absolute Gasteiger partial charge is 0.191 e. The number of aromatic nitrogens is 2. The van der Waals surface area contributed by atoms with E-state index < -0.39 is 0 Å². The molecule has 0 bridgehead atoms. The van der Waals surface area contributed by atoms with Crippen LogP contribution in [0.1, 0.15) is 57.3 Å². The molecule has 2 rings (SSSR count). The number of nitrogens with zero attached hydrogens (tertiary/aromatic N) is 3. The number of guanidine groups is 1. The van der Waals surface area contributed by atoms with Gasteiger partial charge in [0.05, 0.1) is 5.69 Å². The highest BCUT2D eigenvalue weighted by Gasteiger charge is 2.18. The molecule has 1 fully saturated rings. The van der Waals surface area contributed by atoms with Gasteiger partial charge in [-0.3, -0.25) is 9.67 Å². The molecule has 138 valence electrons. The average molecular weight is 447 g/mol. The second-order valence-corrected chi connectivity index (χ2v) is 6.87. The maximum absolute atomic E-state index is 4.73. The van der Waals surface area contributed by atoms with E-state index in [2.05, 4.69) is 47.3 Å². The zero-order chi connectivity index (χ0) is 16.7. The van der Waals surface area contributed by atoms with Crippen molar-refractivity contribution in [3.63, 3.8) is 0 Å². The summed E-state index contributed by atoms with van der Waals surface area (Å²) < 4.78 is 2.08. The maximum atomic E-state index is 4.73. The lowest BCUT2D eigenvalue weighted by molar-refractivity contribution is 0.329. The van der Waals surface area contributed by atoms with Crippen molar-refractivity contribution in [3.05, 3.63) is 17.5 Å². The molecule has 1 aliphatic rings. The third-order valence-electron chi connectivity index (χ3n) is 4.60. The molecule has 24 heavy (non-hydrogen) atoms. The number of rotatable bonds is 6. The molecular weight excluding hydrogens is 413 g/mol. The molecule has 1 aliphatic carbocycles. The van der Waals surface area contributed by atoms with Crippen molar-refractivity contribution in [1.82, 2.24) is 20.4 Å². The van der Waals surface area contributed by atoms with Crippen molar-refractivity contribution in [2.45, 2.75) is 72.4 Å². The van der Waals surface area contributed by atoms with Crippen LogP contribution in [-0.2, 0) is 6.54 Å². The summed E-state index contributed by atoms with van der Waals surface area (Å²) in [5, 5.41) is 11.5. The third kappa shape index (κ3) is 6.99. The molecule has 0 unspecified atom stereocenters. The SMILES string of the molecule is CCNC(=NCCCn1nc(C)cc1C)NC1CCC(C)CC1.I. The molecule has 1 aromatic heterocycles. The number of nitrogens with one attached hydrogen (secondary N) is 2. The van der Waals surface area contributed by atoms with Crippen LogP contribution in [0.5, 0.6) is 0 Å². The molecule has 5 nitrogen and oxygen atoms in total. The van der Waals surface area contributed by atoms with Gasteiger partial charge < -0.3 is 10.6 Å². The largest absolute Gasteiger partial charge is 0.357 e. The molecule has 0 aliphatic heterocycles. The average Bonchev–Trinajstić information content (AvgIpc) is 2.84. The first-order valence-corrected chi connectivity index (χ1v) is 9.14. The fourth-order valence-electron chi connectivity index (χ4n) is 3.23. The van der Waals surface area contributed by atoms with Gasteiger partial charge >= 0.3 is 0 Å². The van der Waals surface area contributed by atoms with Crippen LogP contribution in [0.4, 0.5) is 0 Å². The predicted molar refractivity (Wildman–Crippen MR) is 112 cm³/mol. The van der Waals surface area contributed by atoms with Gasteiger partial charge in [-0.2, -0.15) is 5.10 Å². The quantitative estimate of drug-likeness (QED) is 0.303. The van der Waals surface area contributed by atoms with Gasteiger partial charge in [0.2, 0.25) is 0 Å². The van der Waals surface area contributed by atoms with Crippen molar-refractivity contribution in [2.75, 3.05) is 13.1 Å². The summed E-state index contributed by atoms with van der Waals surface area (Å²) in [5.74, 6) is 1.86. The highest BCUT2D eigenvalue weighted by atomic mass is 127. The fraction of sp³-hybridized carbons (Fsp3) is 0.778. The van der Waals surface area contributed by atoms with Crippen LogP contribution < -0.4 is 10.6 Å². The van der Waals surface area contributed by atoms with Gasteiger partial charge in [0.1, 0.15) is 0 Å². The minimum atomic E-state index is 0. The minimum absolute atomic E-state index is 0. The first kappa shape index (κ1) is 21.3. The van der Waals surface area contributed by atoms with E-state index >= 15 is 0 Å². The van der Waals surface area contributed by atoms with Gasteiger partial charge in [0.15, 0.2) is 5.96 Å². The predicted octanol–water partition coefficient (Wildman–Crippen LogP) is 3.64. The zero-order valence-electron chi connectivity index (χ0n) is 15.6. The maximum Gasteiger partial charge on any atom is 0.191 e. The van der Waals surface area contributed by atoms with E-state index in [0.29, 0.717) is 6.04 Å². The standard InChI is InChI=1S/C18H33N5.HI/c1-5-19-18(21-17-9-7-14(2)8-10-17)20-11-6-12-23-16(4)13-15(3)22-23;/h13-14,17H,5-12H2,1-4H3,(H2,19,20,21);1H. The van der Waals surface area contributed by atoms with Crippen LogP contribution in [0, 0.1) is 19.8 Å². The molecule has 0 amide bonds. The van der Waals surface area contributed by atoms with Gasteiger partial charge in [-0.05, 0) is 64.9 Å². The number of aryl methyl sites for hydroxylation is 3. The number of aliphatic imine (C=N–C) groups is 1. The Labute approximate surface area is 164 Å². The summed E-state index contributed by atoms with van der Waals surface area (Å²) in [5.41, 5.74) is 2.32. The highest BCUT2D eigenvalue weighted by Crippen LogP contribution is 2.23. The lowest BCUT2D eigenvalue weighted by Crippen LogP contribution is -2.44. The Hall–Kier alpha value is -0.790. The summed E-state index contributed by atoms with van der Waals surface area (Å²) >= 11 is 0. The lowest BCUT2D eigenvalue weighted by atomic mass is 9.87. The molecule has 0 atom stereocenters. The van der Waals surface area contributed by atoms with E-state index in [1.54, 1.807) is 0 Å². The highest BCUT2D eigenvalue weighted by molar-refractivity contribution is 14.0. The Morgan fingerprint density at radius 3 is 2.58 bits per heavy atom. The number of halogens is 1. The molecule has 2 N–H and O–H groups in total. The molecule has 0 saturated heterocycles. The summed E-state index contributed by atoms with van der Waals surface area (Å²) in [7, 11) is 0. The van der Waals surface area contributed by atoms with Gasteiger partial charge in [0, 0.05) is 31.4 Å². The van der Waals surface area contributed by atoms with E-state index in [1.165, 1.54) is 31.4 Å². The summed E-state index contributed by atoms with van der Waals surface area (Å²) in [6.07, 6.45) is 6.19. The topological polar surface area (TPSA) is 54.2 Å². The Morgan fingerprint density at radius 2 is 2.00 bits per heavy atom. The molecular formula is C18H34IN5. The molecule has 1 saturated carbocycles. The van der Waals surface area contributed by atoms with Gasteiger partial charge in [0.25, 0.3) is 0 Å². The van der Waals surface area contributed by atoms with Crippen molar-refractivity contribution in [3.8, 4) is 0 Å². The molecule has 1 heterocycles. The summed E-state index contributed by atoms with van der Waals surface area (Å²) in [6, 6.07) is 2.71. The van der Waals surface area contributed by atoms with Crippen LogP contribution in [0.3, 0.4) is 0 Å². The van der Waals surface area contributed by atoms with E-state index in [4.69, 9.17) is 4.99 Å². The second kappa shape index (κ2) is 10.9. The lowest BCUT2D eigenvalue weighted by Gasteiger charge is -2.28. The van der Waals surface area contributed by atoms with Crippen LogP contribution >= 0.6 is 24.0 Å². The Kier molecular flexibility index (Phi) is 9.69. The van der Waals surface area contributed by atoms with E-state index in [0.717, 1.165) is 43.6 Å². The van der Waals surface area contributed by atoms with Gasteiger partial charge in [-0.1, -0.05) is 6.92 Å². The number of hydrogen-bond donors (Lipinski definition) is 2. The van der Waals surface area contributed by atoms with E-state index in [1.807, 2.05) is 6.92 Å². The minimum Gasteiger partial charge on any atom is -0.357 e. The van der Waals surface area contributed by atoms with Crippen molar-refractivity contribution in [1.29, 1.82) is 0 Å². The molecule has 0 spiro atoms. The molecule has 0 aromatic carbocycles. The van der Waals surface area contributed by atoms with E-state index in [9.17, 15) is 0 Å². The van der Waals surface area contributed by atoms with Crippen molar-refractivity contribution >= 4 is 29.9 Å². The zero-order valence-corrected chi connectivity index (χ0v) is 18.0. The summed E-state index contributed by atoms with van der Waals surface area (Å²) in [4.78, 5) is 4.73. The van der Waals surface area contributed by atoms with Crippen LogP contribution in [0.15, 0.2) is 11.1 Å². The van der Waals surface area contributed by atoms with Crippen molar-refractivity contribution < 1.29 is 0 Å². The third-order valence-corrected chi connectivity index (χ3v) is 4.60. The normalized spacial score (nSPS) is 21.2. The molecule has 1 aromatic rings. The van der Waals surface area contributed by atoms with E-state index in [-0.39, 0.29) is 24.0 Å². The van der Waals surface area contributed by atoms with Crippen LogP contribution in [-0.4, -0.2) is 34.9 Å². The summed E-state index contributed by atoms with van der Waals surface area (Å²) in [6.45, 7) is 11.3. The Bertz CT molecular complexity index is 504. The van der Waals surface area contributed by atoms with Crippen LogP contribution in [0.25, 0.3) is 0 Å². The molecule has 6 heteroatoms. The number of hydrogen-bond acceptors (Lipinski definition) is 2. The second-order valence-electron chi connectivity index (χ2n) is 6.87. The Balaban J connectivity index is 0.00000288. The Morgan fingerprint density at radius 1 is 1.29 bits per heavy atom.